The molecule has 0 bridgehead atoms. The minimum Gasteiger partial charge on any atom is -0.482 e. The van der Waals surface area contributed by atoms with Gasteiger partial charge in [-0.15, -0.1) is 21.5 Å². The number of aromatic nitrogens is 4. The van der Waals surface area contributed by atoms with Crippen LogP contribution >= 0.6 is 23.1 Å². The lowest BCUT2D eigenvalue weighted by Crippen LogP contribution is -2.10. The summed E-state index contributed by atoms with van der Waals surface area (Å²) in [4.78, 5) is 4.75. The minimum atomic E-state index is -0.188. The third-order valence-electron chi connectivity index (χ3n) is 4.55. The summed E-state index contributed by atoms with van der Waals surface area (Å²) in [5.41, 5.74) is 3.30. The Kier molecular flexibility index (Phi) is 5.97. The first-order valence-electron chi connectivity index (χ1n) is 9.36. The van der Waals surface area contributed by atoms with Crippen LogP contribution in [0.25, 0.3) is 10.6 Å². The van der Waals surface area contributed by atoms with E-state index < -0.39 is 0 Å². The van der Waals surface area contributed by atoms with Gasteiger partial charge in [0.15, 0.2) is 17.1 Å². The van der Waals surface area contributed by atoms with Crippen molar-refractivity contribution in [3.63, 3.8) is 0 Å². The van der Waals surface area contributed by atoms with E-state index in [9.17, 15) is 0 Å². The van der Waals surface area contributed by atoms with Gasteiger partial charge in [-0.1, -0.05) is 60.3 Å². The fraction of sp³-hybridized carbons (Fsp3) is 0.227. The Morgan fingerprint density at radius 2 is 1.83 bits per heavy atom. The van der Waals surface area contributed by atoms with Crippen LogP contribution in [-0.2, 0) is 12.8 Å². The van der Waals surface area contributed by atoms with E-state index in [0.717, 1.165) is 44.3 Å². The first kappa shape index (κ1) is 19.7. The molecule has 0 radical (unpaired) electrons. The van der Waals surface area contributed by atoms with E-state index in [0.29, 0.717) is 0 Å². The van der Waals surface area contributed by atoms with Crippen molar-refractivity contribution in [3.8, 4) is 16.3 Å². The van der Waals surface area contributed by atoms with Gasteiger partial charge < -0.3 is 9.30 Å². The maximum atomic E-state index is 6.10. The second kappa shape index (κ2) is 8.80. The monoisotopic (exact) mass is 422 g/mol. The van der Waals surface area contributed by atoms with Crippen LogP contribution in [0.3, 0.4) is 0 Å². The molecule has 0 saturated carbocycles. The predicted molar refractivity (Wildman–Crippen MR) is 118 cm³/mol. The molecule has 0 N–H and O–H groups in total. The zero-order valence-electron chi connectivity index (χ0n) is 16.6. The van der Waals surface area contributed by atoms with Crippen LogP contribution in [0.2, 0.25) is 0 Å². The number of ether oxygens (including phenoxy) is 1. The molecule has 0 spiro atoms. The Bertz CT molecular complexity index is 1090. The maximum Gasteiger partial charge on any atom is 0.191 e. The summed E-state index contributed by atoms with van der Waals surface area (Å²) in [5.74, 6) is 2.43. The minimum absolute atomic E-state index is 0.188. The van der Waals surface area contributed by atoms with E-state index in [-0.39, 0.29) is 6.10 Å². The average molecular weight is 423 g/mol. The highest BCUT2D eigenvalue weighted by atomic mass is 32.2. The van der Waals surface area contributed by atoms with Gasteiger partial charge in [-0.05, 0) is 25.5 Å². The lowest BCUT2D eigenvalue weighted by molar-refractivity contribution is 0.210. The lowest BCUT2D eigenvalue weighted by atomic mass is 10.2. The number of rotatable bonds is 7. The molecule has 0 aliphatic carbocycles. The molecule has 29 heavy (non-hydrogen) atoms. The molecular weight excluding hydrogens is 400 g/mol. The topological polar surface area (TPSA) is 52.8 Å². The highest BCUT2D eigenvalue weighted by Crippen LogP contribution is 2.29. The highest BCUT2D eigenvalue weighted by molar-refractivity contribution is 7.98. The number of benzene rings is 2. The Hall–Kier alpha value is -2.64. The molecule has 2 heterocycles. The van der Waals surface area contributed by atoms with Crippen molar-refractivity contribution in [2.45, 2.75) is 30.9 Å². The molecule has 2 aromatic carbocycles. The van der Waals surface area contributed by atoms with Crippen molar-refractivity contribution in [1.29, 1.82) is 0 Å². The Morgan fingerprint density at radius 1 is 1.07 bits per heavy atom. The van der Waals surface area contributed by atoms with Crippen LogP contribution in [0.5, 0.6) is 5.75 Å². The summed E-state index contributed by atoms with van der Waals surface area (Å²) in [7, 11) is 1.98. The predicted octanol–water partition coefficient (Wildman–Crippen LogP) is 5.68. The molecule has 2 aromatic heterocycles. The smallest absolute Gasteiger partial charge is 0.191 e. The van der Waals surface area contributed by atoms with Gasteiger partial charge in [0.05, 0.1) is 5.69 Å². The highest BCUT2D eigenvalue weighted by Gasteiger charge is 2.18. The number of nitrogens with zero attached hydrogens (tertiary/aromatic N) is 4. The average Bonchev–Trinajstić information content (AvgIpc) is 3.35. The Balaban J connectivity index is 1.41. The number of hydrogen-bond donors (Lipinski definition) is 0. The summed E-state index contributed by atoms with van der Waals surface area (Å²) < 4.78 is 8.10. The summed E-state index contributed by atoms with van der Waals surface area (Å²) in [6.45, 7) is 4.04. The second-order valence-electron chi connectivity index (χ2n) is 6.72. The van der Waals surface area contributed by atoms with Crippen molar-refractivity contribution >= 4 is 23.1 Å². The summed E-state index contributed by atoms with van der Waals surface area (Å²) in [5, 5.41) is 12.7. The van der Waals surface area contributed by atoms with Gasteiger partial charge in [-0.25, -0.2) is 4.98 Å². The van der Waals surface area contributed by atoms with Gasteiger partial charge in [0.1, 0.15) is 10.8 Å². The number of aryl methyl sites for hydroxylation is 1. The standard InChI is InChI=1S/C22H22N4OS2/c1-15-9-7-8-12-19(15)27-16(2)20-24-25-22(26(20)3)29-14-18-13-28-21(23-18)17-10-5-4-6-11-17/h4-13,16H,14H2,1-3H3. The molecule has 0 amide bonds. The molecule has 0 aliphatic rings. The molecule has 0 saturated heterocycles. The van der Waals surface area contributed by atoms with E-state index in [1.165, 1.54) is 0 Å². The van der Waals surface area contributed by atoms with Crippen molar-refractivity contribution in [1.82, 2.24) is 19.7 Å². The molecule has 148 valence electrons. The third kappa shape index (κ3) is 4.52. The van der Waals surface area contributed by atoms with Gasteiger partial charge >= 0.3 is 0 Å². The maximum absolute atomic E-state index is 6.10. The van der Waals surface area contributed by atoms with E-state index in [1.807, 2.05) is 67.9 Å². The molecule has 1 atom stereocenters. The molecule has 4 rings (SSSR count). The number of para-hydroxylation sites is 1. The van der Waals surface area contributed by atoms with E-state index in [1.54, 1.807) is 23.1 Å². The van der Waals surface area contributed by atoms with Crippen LogP contribution in [0, 0.1) is 6.92 Å². The van der Waals surface area contributed by atoms with E-state index >= 15 is 0 Å². The summed E-state index contributed by atoms with van der Waals surface area (Å²) in [6, 6.07) is 18.3. The van der Waals surface area contributed by atoms with Crippen LogP contribution < -0.4 is 4.74 Å². The van der Waals surface area contributed by atoms with Gasteiger partial charge in [-0.3, -0.25) is 0 Å². The van der Waals surface area contributed by atoms with Crippen LogP contribution in [0.4, 0.5) is 0 Å². The van der Waals surface area contributed by atoms with Gasteiger partial charge in [0.2, 0.25) is 0 Å². The third-order valence-corrected chi connectivity index (χ3v) is 6.55. The number of thioether (sulfide) groups is 1. The van der Waals surface area contributed by atoms with Crippen molar-refractivity contribution in [2.24, 2.45) is 7.05 Å². The van der Waals surface area contributed by atoms with Gasteiger partial charge in [-0.2, -0.15) is 0 Å². The van der Waals surface area contributed by atoms with Crippen LogP contribution in [0.1, 0.15) is 30.1 Å². The Labute approximate surface area is 178 Å². The summed E-state index contributed by atoms with van der Waals surface area (Å²) >= 11 is 3.30. The lowest BCUT2D eigenvalue weighted by Gasteiger charge is -2.15. The van der Waals surface area contributed by atoms with Crippen molar-refractivity contribution in [2.75, 3.05) is 0 Å². The van der Waals surface area contributed by atoms with E-state index in [2.05, 4.69) is 27.7 Å². The van der Waals surface area contributed by atoms with Crippen molar-refractivity contribution in [3.05, 3.63) is 77.1 Å². The van der Waals surface area contributed by atoms with Gasteiger partial charge in [0, 0.05) is 23.7 Å². The molecule has 7 heteroatoms. The second-order valence-corrected chi connectivity index (χ2v) is 8.52. The zero-order valence-corrected chi connectivity index (χ0v) is 18.2. The van der Waals surface area contributed by atoms with Gasteiger partial charge in [0.25, 0.3) is 0 Å². The largest absolute Gasteiger partial charge is 0.482 e. The van der Waals surface area contributed by atoms with Crippen LogP contribution in [-0.4, -0.2) is 19.7 Å². The molecule has 0 aliphatic heterocycles. The normalized spacial score (nSPS) is 12.1. The molecular formula is C22H22N4OS2. The van der Waals surface area contributed by atoms with Crippen LogP contribution in [0.15, 0.2) is 65.1 Å². The van der Waals surface area contributed by atoms with E-state index in [4.69, 9.17) is 9.72 Å². The zero-order chi connectivity index (χ0) is 20.2. The number of hydrogen-bond acceptors (Lipinski definition) is 6. The summed E-state index contributed by atoms with van der Waals surface area (Å²) in [6.07, 6.45) is -0.188. The first-order valence-corrected chi connectivity index (χ1v) is 11.2. The molecule has 5 nitrogen and oxygen atoms in total. The van der Waals surface area contributed by atoms with Crippen molar-refractivity contribution < 1.29 is 4.74 Å². The molecule has 4 aromatic rings. The molecule has 0 fully saturated rings. The quantitative estimate of drug-likeness (QED) is 0.359. The fourth-order valence-electron chi connectivity index (χ4n) is 2.96. The first-order chi connectivity index (χ1) is 14.1. The Morgan fingerprint density at radius 3 is 2.62 bits per heavy atom. The molecule has 1 unspecified atom stereocenters. The fourth-order valence-corrected chi connectivity index (χ4v) is 4.70. The SMILES string of the molecule is Cc1ccccc1OC(C)c1nnc(SCc2csc(-c3ccccc3)n2)n1C. The number of thiazole rings is 1.